The highest BCUT2D eigenvalue weighted by atomic mass is 16.5. The van der Waals surface area contributed by atoms with Gasteiger partial charge in [0.25, 0.3) is 0 Å². The standard InChI is InChI=1S/C24H23NO2/c1-16-6-9-22-19(12-16)10-11-25-21(15-27-24(22)25)14-23(26)20-8-7-17-4-2-3-5-18(17)13-20/h2-9,12-13,21,24H,10-11,14-15H2,1H3. The van der Waals surface area contributed by atoms with E-state index >= 15 is 0 Å². The maximum absolute atomic E-state index is 12.9. The summed E-state index contributed by atoms with van der Waals surface area (Å²) in [5.41, 5.74) is 4.75. The van der Waals surface area contributed by atoms with E-state index in [4.69, 9.17) is 4.74 Å². The Hall–Kier alpha value is -2.49. The fourth-order valence-corrected chi connectivity index (χ4v) is 4.47. The third-order valence-corrected chi connectivity index (χ3v) is 5.91. The van der Waals surface area contributed by atoms with E-state index in [0.29, 0.717) is 13.0 Å². The molecule has 5 rings (SSSR count). The van der Waals surface area contributed by atoms with Crippen molar-refractivity contribution in [2.75, 3.05) is 13.2 Å². The molecular formula is C24H23NO2. The zero-order valence-electron chi connectivity index (χ0n) is 15.5. The van der Waals surface area contributed by atoms with Gasteiger partial charge >= 0.3 is 0 Å². The number of ether oxygens (including phenoxy) is 1. The minimum absolute atomic E-state index is 0.00348. The molecule has 2 unspecified atom stereocenters. The van der Waals surface area contributed by atoms with Gasteiger partial charge in [-0.2, -0.15) is 0 Å². The monoisotopic (exact) mass is 357 g/mol. The van der Waals surface area contributed by atoms with Crippen LogP contribution in [-0.4, -0.2) is 29.9 Å². The molecule has 0 amide bonds. The van der Waals surface area contributed by atoms with E-state index < -0.39 is 0 Å². The van der Waals surface area contributed by atoms with Crippen molar-refractivity contribution < 1.29 is 9.53 Å². The zero-order valence-corrected chi connectivity index (χ0v) is 15.5. The number of fused-ring (bicyclic) bond motifs is 4. The quantitative estimate of drug-likeness (QED) is 0.638. The van der Waals surface area contributed by atoms with Crippen molar-refractivity contribution in [2.24, 2.45) is 0 Å². The van der Waals surface area contributed by atoms with Gasteiger partial charge in [-0.05, 0) is 41.3 Å². The van der Waals surface area contributed by atoms with Crippen molar-refractivity contribution >= 4 is 16.6 Å². The Morgan fingerprint density at radius 3 is 2.81 bits per heavy atom. The van der Waals surface area contributed by atoms with Crippen LogP contribution in [0.15, 0.2) is 60.7 Å². The summed E-state index contributed by atoms with van der Waals surface area (Å²) in [4.78, 5) is 15.3. The predicted molar refractivity (Wildman–Crippen MR) is 107 cm³/mol. The van der Waals surface area contributed by atoms with Gasteiger partial charge in [-0.15, -0.1) is 0 Å². The van der Waals surface area contributed by atoms with Crippen LogP contribution in [0, 0.1) is 6.92 Å². The van der Waals surface area contributed by atoms with Crippen LogP contribution in [0.25, 0.3) is 10.8 Å². The molecule has 0 spiro atoms. The second-order valence-corrected chi connectivity index (χ2v) is 7.72. The lowest BCUT2D eigenvalue weighted by Gasteiger charge is -2.33. The first kappa shape index (κ1) is 16.7. The highest BCUT2D eigenvalue weighted by molar-refractivity contribution is 6.00. The molecule has 3 aromatic rings. The average Bonchev–Trinajstić information content (AvgIpc) is 3.10. The molecule has 1 fully saturated rings. The molecule has 0 aromatic heterocycles. The molecule has 2 atom stereocenters. The molecule has 2 aliphatic heterocycles. The minimum atomic E-state index is 0.00348. The Morgan fingerprint density at radius 1 is 1.07 bits per heavy atom. The van der Waals surface area contributed by atoms with Crippen LogP contribution in [0.5, 0.6) is 0 Å². The summed E-state index contributed by atoms with van der Waals surface area (Å²) in [6.07, 6.45) is 1.54. The molecule has 0 aliphatic carbocycles. The van der Waals surface area contributed by atoms with E-state index in [2.05, 4.69) is 42.2 Å². The summed E-state index contributed by atoms with van der Waals surface area (Å²) >= 11 is 0. The molecule has 2 aliphatic rings. The number of rotatable bonds is 3. The van der Waals surface area contributed by atoms with E-state index in [1.165, 1.54) is 22.1 Å². The van der Waals surface area contributed by atoms with Crippen LogP contribution in [0.3, 0.4) is 0 Å². The Kier molecular flexibility index (Phi) is 4.07. The van der Waals surface area contributed by atoms with Crippen LogP contribution in [-0.2, 0) is 11.2 Å². The number of ketones is 1. The first-order valence-corrected chi connectivity index (χ1v) is 9.68. The van der Waals surface area contributed by atoms with Gasteiger partial charge < -0.3 is 4.74 Å². The molecular weight excluding hydrogens is 334 g/mol. The van der Waals surface area contributed by atoms with Gasteiger partial charge in [-0.3, -0.25) is 9.69 Å². The smallest absolute Gasteiger partial charge is 0.164 e. The molecule has 136 valence electrons. The van der Waals surface area contributed by atoms with Crippen LogP contribution in [0.1, 0.15) is 39.7 Å². The summed E-state index contributed by atoms with van der Waals surface area (Å²) in [6.45, 7) is 3.71. The molecule has 0 bridgehead atoms. The molecule has 3 aromatic carbocycles. The molecule has 1 saturated heterocycles. The summed E-state index contributed by atoms with van der Waals surface area (Å²) in [5.74, 6) is 0.199. The van der Waals surface area contributed by atoms with E-state index in [-0.39, 0.29) is 18.1 Å². The third kappa shape index (κ3) is 2.97. The molecule has 0 radical (unpaired) electrons. The van der Waals surface area contributed by atoms with Crippen molar-refractivity contribution in [2.45, 2.75) is 32.0 Å². The van der Waals surface area contributed by atoms with Gasteiger partial charge in [0.2, 0.25) is 0 Å². The van der Waals surface area contributed by atoms with Gasteiger partial charge in [0.1, 0.15) is 6.23 Å². The molecule has 27 heavy (non-hydrogen) atoms. The van der Waals surface area contributed by atoms with Crippen molar-refractivity contribution in [1.82, 2.24) is 4.90 Å². The Balaban J connectivity index is 1.35. The summed E-state index contributed by atoms with van der Waals surface area (Å²) in [6, 6.07) is 20.9. The third-order valence-electron chi connectivity index (χ3n) is 5.91. The fourth-order valence-electron chi connectivity index (χ4n) is 4.47. The normalized spacial score (nSPS) is 21.8. The second-order valence-electron chi connectivity index (χ2n) is 7.72. The minimum Gasteiger partial charge on any atom is -0.357 e. The lowest BCUT2D eigenvalue weighted by atomic mass is 9.94. The number of hydrogen-bond donors (Lipinski definition) is 0. The van der Waals surface area contributed by atoms with Gasteiger partial charge in [0, 0.05) is 24.6 Å². The lowest BCUT2D eigenvalue weighted by Crippen LogP contribution is -2.39. The van der Waals surface area contributed by atoms with Gasteiger partial charge in [0.15, 0.2) is 5.78 Å². The molecule has 3 nitrogen and oxygen atoms in total. The SMILES string of the molecule is Cc1ccc2c(c1)CCN1C(CC(=O)c3ccc4ccccc4c3)COC21. The van der Waals surface area contributed by atoms with Crippen molar-refractivity contribution in [3.63, 3.8) is 0 Å². The number of hydrogen-bond acceptors (Lipinski definition) is 3. The Labute approximate surface area is 159 Å². The summed E-state index contributed by atoms with van der Waals surface area (Å²) in [7, 11) is 0. The second kappa shape index (κ2) is 6.59. The number of benzene rings is 3. The van der Waals surface area contributed by atoms with Crippen molar-refractivity contribution in [3.8, 4) is 0 Å². The van der Waals surface area contributed by atoms with E-state index in [1.54, 1.807) is 0 Å². The zero-order chi connectivity index (χ0) is 18.4. The molecule has 3 heteroatoms. The number of Topliss-reactive ketones (excluding diaryl/α,β-unsaturated/α-hetero) is 1. The maximum Gasteiger partial charge on any atom is 0.164 e. The Bertz CT molecular complexity index is 1030. The largest absolute Gasteiger partial charge is 0.357 e. The van der Waals surface area contributed by atoms with Crippen LogP contribution < -0.4 is 0 Å². The first-order valence-electron chi connectivity index (χ1n) is 9.68. The van der Waals surface area contributed by atoms with Crippen LogP contribution in [0.4, 0.5) is 0 Å². The fraction of sp³-hybridized carbons (Fsp3) is 0.292. The first-order chi connectivity index (χ1) is 13.2. The summed E-state index contributed by atoms with van der Waals surface area (Å²) < 4.78 is 6.12. The van der Waals surface area contributed by atoms with Gasteiger partial charge in [-0.25, -0.2) is 0 Å². The molecule has 0 saturated carbocycles. The van der Waals surface area contributed by atoms with Crippen LogP contribution in [0.2, 0.25) is 0 Å². The number of aryl methyl sites for hydroxylation is 1. The Morgan fingerprint density at radius 2 is 1.93 bits per heavy atom. The van der Waals surface area contributed by atoms with E-state index in [9.17, 15) is 4.79 Å². The topological polar surface area (TPSA) is 29.5 Å². The number of carbonyl (C=O) groups excluding carboxylic acids is 1. The van der Waals surface area contributed by atoms with Crippen LogP contribution >= 0.6 is 0 Å². The van der Waals surface area contributed by atoms with E-state index in [1.807, 2.05) is 30.3 Å². The van der Waals surface area contributed by atoms with E-state index in [0.717, 1.165) is 23.9 Å². The summed E-state index contributed by atoms with van der Waals surface area (Å²) in [5, 5.41) is 2.28. The predicted octanol–water partition coefficient (Wildman–Crippen LogP) is 4.68. The average molecular weight is 357 g/mol. The number of carbonyl (C=O) groups is 1. The van der Waals surface area contributed by atoms with Gasteiger partial charge in [-0.1, -0.05) is 60.2 Å². The lowest BCUT2D eigenvalue weighted by molar-refractivity contribution is 0.0215. The highest BCUT2D eigenvalue weighted by Gasteiger charge is 2.39. The van der Waals surface area contributed by atoms with Crippen molar-refractivity contribution in [1.29, 1.82) is 0 Å². The van der Waals surface area contributed by atoms with Gasteiger partial charge in [0.05, 0.1) is 6.61 Å². The van der Waals surface area contributed by atoms with Crippen molar-refractivity contribution in [3.05, 3.63) is 82.9 Å². The molecule has 0 N–H and O–H groups in total. The number of nitrogens with zero attached hydrogens (tertiary/aromatic N) is 1. The highest BCUT2D eigenvalue weighted by Crippen LogP contribution is 2.38. The molecule has 2 heterocycles. The maximum atomic E-state index is 12.9.